The molecule has 0 fully saturated rings. The number of hydrogen-bond acceptors (Lipinski definition) is 4. The van der Waals surface area contributed by atoms with E-state index in [0.29, 0.717) is 12.8 Å². The number of benzene rings is 2. The van der Waals surface area contributed by atoms with E-state index in [9.17, 15) is 4.79 Å². The molecule has 5 heteroatoms. The molecule has 0 aliphatic rings. The van der Waals surface area contributed by atoms with Gasteiger partial charge in [0.25, 0.3) is 5.97 Å². The van der Waals surface area contributed by atoms with Crippen molar-refractivity contribution in [3.05, 3.63) is 70.3 Å². The van der Waals surface area contributed by atoms with Gasteiger partial charge in [-0.15, -0.1) is 6.58 Å². The van der Waals surface area contributed by atoms with Crippen LogP contribution in [-0.4, -0.2) is 21.1 Å². The number of carbonyl (C=O) groups excluding carboxylic acids is 1. The molecule has 0 aliphatic heterocycles. The Kier molecular flexibility index (Phi) is 11.1. The van der Waals surface area contributed by atoms with Gasteiger partial charge in [-0.05, 0) is 70.6 Å². The van der Waals surface area contributed by atoms with E-state index in [2.05, 4.69) is 128 Å². The Balaban J connectivity index is 2.80. The zero-order chi connectivity index (χ0) is 31.6. The Morgan fingerprint density at radius 2 is 1.00 bits per heavy atom. The lowest BCUT2D eigenvalue weighted by Gasteiger charge is -2.33. The van der Waals surface area contributed by atoms with Crippen molar-refractivity contribution >= 4 is 21.1 Å². The second kappa shape index (κ2) is 13.0. The predicted molar refractivity (Wildman–Crippen MR) is 174 cm³/mol. The summed E-state index contributed by atoms with van der Waals surface area (Å²) in [5.74, 6) is 1.24. The second-order valence-electron chi connectivity index (χ2n) is 15.6. The molecule has 0 amide bonds. The molecule has 0 radical (unpaired) electrons. The smallest absolute Gasteiger partial charge is 0.577 e. The van der Waals surface area contributed by atoms with Gasteiger partial charge in [0.1, 0.15) is 0 Å². The van der Waals surface area contributed by atoms with Crippen LogP contribution in [0.4, 0.5) is 0 Å². The first-order chi connectivity index (χ1) is 18.6. The summed E-state index contributed by atoms with van der Waals surface area (Å²) in [6.07, 6.45) is 3.55. The summed E-state index contributed by atoms with van der Waals surface area (Å²) in [6.45, 7) is 34.3. The van der Waals surface area contributed by atoms with Gasteiger partial charge in [-0.2, -0.15) is 0 Å². The fourth-order valence-electron chi connectivity index (χ4n) is 4.85. The number of hydrogen-bond donors (Lipinski definition) is 0. The van der Waals surface area contributed by atoms with Crippen molar-refractivity contribution in [1.29, 1.82) is 0 Å². The van der Waals surface area contributed by atoms with Crippen molar-refractivity contribution in [2.24, 2.45) is 0 Å². The third-order valence-corrected chi connectivity index (χ3v) is 8.46. The quantitative estimate of drug-likeness (QED) is 0.169. The van der Waals surface area contributed by atoms with Gasteiger partial charge in [0.05, 0.1) is 11.5 Å². The molecule has 0 atom stereocenters. The minimum absolute atomic E-state index is 0.189. The summed E-state index contributed by atoms with van der Waals surface area (Å²) >= 11 is -3.10. The summed E-state index contributed by atoms with van der Waals surface area (Å²) in [7, 11) is 0. The molecule has 0 aliphatic carbocycles. The van der Waals surface area contributed by atoms with Crippen LogP contribution >= 0.6 is 0 Å². The Morgan fingerprint density at radius 1 is 0.683 bits per heavy atom. The molecule has 226 valence electrons. The van der Waals surface area contributed by atoms with Crippen molar-refractivity contribution < 1.29 is 16.2 Å². The molecule has 0 saturated heterocycles. The van der Waals surface area contributed by atoms with Crippen LogP contribution < -0.4 is 7.58 Å². The lowest BCUT2D eigenvalue weighted by atomic mass is 9.78. The van der Waals surface area contributed by atoms with E-state index in [-0.39, 0.29) is 27.6 Å². The summed E-state index contributed by atoms with van der Waals surface area (Å²) in [6, 6.07) is 8.76. The molecular weight excluding hydrogens is 523 g/mol. The third-order valence-electron chi connectivity index (χ3n) is 7.14. The molecule has 0 spiro atoms. The first-order valence-electron chi connectivity index (χ1n) is 15.0. The van der Waals surface area contributed by atoms with Crippen molar-refractivity contribution in [3.63, 3.8) is 0 Å². The van der Waals surface area contributed by atoms with E-state index in [1.54, 1.807) is 0 Å². The van der Waals surface area contributed by atoms with E-state index in [1.807, 2.05) is 6.08 Å². The minimum atomic E-state index is -3.10. The average Bonchev–Trinajstić information content (AvgIpc) is 2.78. The van der Waals surface area contributed by atoms with E-state index in [1.165, 1.54) is 11.1 Å². The summed E-state index contributed by atoms with van der Waals surface area (Å²) in [4.78, 5) is 13.2. The molecular formula is C36H55AlO4. The Bertz CT molecular complexity index is 1080. The van der Waals surface area contributed by atoms with Crippen LogP contribution in [0, 0.1) is 13.8 Å². The number of allylic oxidation sites excluding steroid dienone is 1. The van der Waals surface area contributed by atoms with Crippen LogP contribution in [0.1, 0.15) is 136 Å². The highest BCUT2D eigenvalue weighted by Gasteiger charge is 2.49. The fraction of sp³-hybridized carbons (Fsp3) is 0.583. The summed E-state index contributed by atoms with van der Waals surface area (Å²) in [5, 5.41) is 0. The molecule has 4 nitrogen and oxygen atoms in total. The van der Waals surface area contributed by atoms with Gasteiger partial charge in [-0.3, -0.25) is 4.79 Å². The standard InChI is InChI=1S/2C15H24O.C6H10O2.Al/c2*1-10-8-11(14(2,3)4)13(16)12(9-10)15(5,6)7;1-2-3-4-5-6(7)8;/h2*8-9,16H,1-7H3;2H,1,3-5H2,(H,7,8);/q;;;+3/p-3. The molecule has 0 aromatic heterocycles. The van der Waals surface area contributed by atoms with Gasteiger partial charge in [0, 0.05) is 6.42 Å². The van der Waals surface area contributed by atoms with E-state index in [4.69, 9.17) is 11.4 Å². The molecule has 2 rings (SSSR count). The molecule has 41 heavy (non-hydrogen) atoms. The van der Waals surface area contributed by atoms with Gasteiger partial charge in [-0.1, -0.05) is 125 Å². The lowest BCUT2D eigenvalue weighted by Crippen LogP contribution is -2.39. The summed E-state index contributed by atoms with van der Waals surface area (Å²) in [5.41, 5.74) is 5.94. The monoisotopic (exact) mass is 578 g/mol. The van der Waals surface area contributed by atoms with E-state index in [0.717, 1.165) is 40.2 Å². The van der Waals surface area contributed by atoms with Crippen LogP contribution in [0.5, 0.6) is 11.5 Å². The van der Waals surface area contributed by atoms with Crippen molar-refractivity contribution in [1.82, 2.24) is 0 Å². The predicted octanol–water partition coefficient (Wildman–Crippen LogP) is 9.84. The van der Waals surface area contributed by atoms with Crippen LogP contribution in [0.2, 0.25) is 0 Å². The molecule has 0 saturated carbocycles. The SMILES string of the molecule is C=CCCCC(=O)[O][Al]([O]c1c(C(C)(C)C)cc(C)cc1C(C)(C)C)[O]c1c(C(C)(C)C)cc(C)cc1C(C)(C)C. The van der Waals surface area contributed by atoms with Crippen molar-refractivity contribution in [2.75, 3.05) is 0 Å². The molecule has 0 heterocycles. The maximum Gasteiger partial charge on any atom is 1.20 e. The largest absolute Gasteiger partial charge is 1.20 e. The van der Waals surface area contributed by atoms with E-state index >= 15 is 0 Å². The van der Waals surface area contributed by atoms with Gasteiger partial charge < -0.3 is 11.4 Å². The number of carbonyl (C=O) groups is 1. The van der Waals surface area contributed by atoms with Crippen LogP contribution in [0.15, 0.2) is 36.9 Å². The van der Waals surface area contributed by atoms with Crippen LogP contribution in [0.25, 0.3) is 0 Å². The third kappa shape index (κ3) is 9.66. The van der Waals surface area contributed by atoms with Gasteiger partial charge in [0.15, 0.2) is 0 Å². The molecule has 2 aromatic carbocycles. The lowest BCUT2D eigenvalue weighted by molar-refractivity contribution is -0.136. The first-order valence-corrected chi connectivity index (χ1v) is 16.4. The Morgan fingerprint density at radius 3 is 1.27 bits per heavy atom. The number of aryl methyl sites for hydroxylation is 2. The zero-order valence-corrected chi connectivity index (χ0v) is 29.6. The highest BCUT2D eigenvalue weighted by Crippen LogP contribution is 2.43. The average molecular weight is 579 g/mol. The van der Waals surface area contributed by atoms with Gasteiger partial charge in [0.2, 0.25) is 0 Å². The molecule has 0 N–H and O–H groups in total. The van der Waals surface area contributed by atoms with Crippen LogP contribution in [-0.2, 0) is 30.2 Å². The normalized spacial score (nSPS) is 12.6. The zero-order valence-electron chi connectivity index (χ0n) is 28.4. The van der Waals surface area contributed by atoms with Gasteiger partial charge in [-0.25, -0.2) is 0 Å². The second-order valence-corrected chi connectivity index (χ2v) is 16.9. The first kappa shape index (κ1) is 35.0. The Hall–Kier alpha value is -2.22. The number of rotatable bonds is 9. The highest BCUT2D eigenvalue weighted by molar-refractivity contribution is 6.41. The summed E-state index contributed by atoms with van der Waals surface area (Å²) < 4.78 is 19.9. The topological polar surface area (TPSA) is 44.8 Å². The molecule has 2 aromatic rings. The van der Waals surface area contributed by atoms with E-state index < -0.39 is 15.1 Å². The van der Waals surface area contributed by atoms with Gasteiger partial charge >= 0.3 is 15.1 Å². The van der Waals surface area contributed by atoms with Crippen molar-refractivity contribution in [2.45, 2.75) is 138 Å². The van der Waals surface area contributed by atoms with Crippen molar-refractivity contribution in [3.8, 4) is 11.5 Å². The number of unbranched alkanes of at least 4 members (excludes halogenated alkanes) is 1. The van der Waals surface area contributed by atoms with Crippen LogP contribution in [0.3, 0.4) is 0 Å². The minimum Gasteiger partial charge on any atom is -0.577 e. The molecule has 0 bridgehead atoms. The Labute approximate surface area is 256 Å². The highest BCUT2D eigenvalue weighted by atomic mass is 27.3. The maximum absolute atomic E-state index is 13.2. The fourth-order valence-corrected chi connectivity index (χ4v) is 6.22. The maximum atomic E-state index is 13.2. The molecule has 0 unspecified atom stereocenters.